The maximum atomic E-state index is 15.4. The highest BCUT2D eigenvalue weighted by molar-refractivity contribution is 7.63. The van der Waals surface area contributed by atoms with E-state index < -0.39 is 7.60 Å². The summed E-state index contributed by atoms with van der Waals surface area (Å²) in [4.78, 5) is 0. The first kappa shape index (κ1) is 33.7. The van der Waals surface area contributed by atoms with E-state index in [1.807, 2.05) is 48.5 Å². The van der Waals surface area contributed by atoms with Gasteiger partial charge in [-0.05, 0) is 80.0 Å². The summed E-state index contributed by atoms with van der Waals surface area (Å²) in [6.07, 6.45) is 0. The van der Waals surface area contributed by atoms with Crippen LogP contribution < -0.4 is 19.1 Å². The molecule has 0 bridgehead atoms. The molecule has 0 amide bonds. The third-order valence-electron chi connectivity index (χ3n) is 8.09. The lowest BCUT2D eigenvalue weighted by atomic mass is 9.80. The Balaban J connectivity index is 1.95. The van der Waals surface area contributed by atoms with Crippen molar-refractivity contribution in [1.82, 2.24) is 0 Å². The van der Waals surface area contributed by atoms with E-state index in [1.165, 1.54) is 11.1 Å². The van der Waals surface area contributed by atoms with Crippen molar-refractivity contribution in [2.45, 2.75) is 105 Å². The van der Waals surface area contributed by atoms with Crippen LogP contribution in [0.4, 0.5) is 0 Å². The molecule has 0 saturated carbocycles. The van der Waals surface area contributed by atoms with Crippen molar-refractivity contribution in [3.05, 3.63) is 95.1 Å². The van der Waals surface area contributed by atoms with E-state index in [2.05, 4.69) is 107 Å². The molecule has 236 valence electrons. The summed E-state index contributed by atoms with van der Waals surface area (Å²) in [6.45, 7) is 26.1. The summed E-state index contributed by atoms with van der Waals surface area (Å²) in [6, 6.07) is 24.0. The molecule has 0 heterocycles. The molecule has 4 aromatic carbocycles. The molecule has 4 aromatic rings. The van der Waals surface area contributed by atoms with Gasteiger partial charge in [0, 0.05) is 11.1 Å². The van der Waals surface area contributed by atoms with E-state index in [0.29, 0.717) is 16.8 Å². The second-order valence-corrected chi connectivity index (χ2v) is 17.9. The standard InChI is InChI=1S/C39H51O4P/c1-36(2,3)28-16-20-34(32(24-28)38(7,8)9)42-44(40,31-19-15-26-22-30(41-13)18-14-27(26)23-31)43-35-21-17-29(37(4,5)6)25-33(35)39(10,11)12/h14-25H,1-13H3. The van der Waals surface area contributed by atoms with Crippen molar-refractivity contribution < 1.29 is 18.3 Å². The third-order valence-corrected chi connectivity index (χ3v) is 9.88. The number of rotatable bonds is 6. The first-order valence-corrected chi connectivity index (χ1v) is 17.0. The number of ether oxygens (including phenoxy) is 1. The lowest BCUT2D eigenvalue weighted by Crippen LogP contribution is -2.21. The molecular formula is C39H51O4P. The molecule has 0 N–H and O–H groups in total. The molecule has 0 fully saturated rings. The fourth-order valence-corrected chi connectivity index (χ4v) is 6.85. The van der Waals surface area contributed by atoms with Gasteiger partial charge in [0.1, 0.15) is 17.2 Å². The second kappa shape index (κ2) is 11.6. The van der Waals surface area contributed by atoms with Crippen LogP contribution >= 0.6 is 7.60 Å². The Bertz CT molecular complexity index is 1620. The van der Waals surface area contributed by atoms with E-state index in [4.69, 9.17) is 13.8 Å². The second-order valence-electron chi connectivity index (χ2n) is 16.0. The summed E-state index contributed by atoms with van der Waals surface area (Å²) < 4.78 is 34.2. The molecule has 4 rings (SSSR count). The quantitative estimate of drug-likeness (QED) is 0.203. The van der Waals surface area contributed by atoms with E-state index in [9.17, 15) is 0 Å². The van der Waals surface area contributed by atoms with Crippen LogP contribution in [0.5, 0.6) is 17.2 Å². The highest BCUT2D eigenvalue weighted by atomic mass is 31.2. The van der Waals surface area contributed by atoms with Gasteiger partial charge in [-0.3, -0.25) is 0 Å². The first-order chi connectivity index (χ1) is 20.1. The van der Waals surface area contributed by atoms with Gasteiger partial charge in [-0.25, -0.2) is 4.57 Å². The van der Waals surface area contributed by atoms with E-state index in [-0.39, 0.29) is 21.7 Å². The third kappa shape index (κ3) is 7.35. The van der Waals surface area contributed by atoms with Crippen molar-refractivity contribution in [1.29, 1.82) is 0 Å². The van der Waals surface area contributed by atoms with Crippen molar-refractivity contribution >= 4 is 23.7 Å². The minimum atomic E-state index is -3.97. The van der Waals surface area contributed by atoms with Crippen LogP contribution in [-0.4, -0.2) is 7.11 Å². The SMILES string of the molecule is COc1ccc2cc(P(=O)(Oc3ccc(C(C)(C)C)cc3C(C)(C)C)Oc3ccc(C(C)(C)C)cc3C(C)(C)C)ccc2c1. The Kier molecular flexibility index (Phi) is 8.88. The molecule has 0 unspecified atom stereocenters. The summed E-state index contributed by atoms with van der Waals surface area (Å²) >= 11 is 0. The average molecular weight is 615 g/mol. The Morgan fingerprint density at radius 1 is 0.500 bits per heavy atom. The molecule has 0 aliphatic heterocycles. The van der Waals surface area contributed by atoms with Gasteiger partial charge in [-0.2, -0.15) is 0 Å². The van der Waals surface area contributed by atoms with Crippen LogP contribution in [0, 0.1) is 0 Å². The molecule has 0 atom stereocenters. The highest BCUT2D eigenvalue weighted by Crippen LogP contribution is 2.52. The normalized spacial score (nSPS) is 13.2. The lowest BCUT2D eigenvalue weighted by Gasteiger charge is -2.31. The molecular weight excluding hydrogens is 563 g/mol. The van der Waals surface area contributed by atoms with Gasteiger partial charge in [0.05, 0.1) is 12.4 Å². The lowest BCUT2D eigenvalue weighted by molar-refractivity contribution is 0.387. The van der Waals surface area contributed by atoms with Crippen LogP contribution in [0.3, 0.4) is 0 Å². The molecule has 4 nitrogen and oxygen atoms in total. The summed E-state index contributed by atoms with van der Waals surface area (Å²) in [5, 5.41) is 2.40. The molecule has 44 heavy (non-hydrogen) atoms. The highest BCUT2D eigenvalue weighted by Gasteiger charge is 2.36. The summed E-state index contributed by atoms with van der Waals surface area (Å²) in [7, 11) is -2.32. The minimum Gasteiger partial charge on any atom is -0.497 e. The molecule has 0 spiro atoms. The molecule has 0 aliphatic rings. The predicted octanol–water partition coefficient (Wildman–Crippen LogP) is 11.0. The fraction of sp³-hybridized carbons (Fsp3) is 0.436. The number of benzene rings is 4. The summed E-state index contributed by atoms with van der Waals surface area (Å²) in [5.74, 6) is 1.89. The van der Waals surface area contributed by atoms with Crippen LogP contribution in [0.1, 0.15) is 105 Å². The zero-order chi connectivity index (χ0) is 32.9. The van der Waals surface area contributed by atoms with Gasteiger partial charge in [0.2, 0.25) is 0 Å². The van der Waals surface area contributed by atoms with Crippen LogP contribution in [-0.2, 0) is 26.2 Å². The average Bonchev–Trinajstić information content (AvgIpc) is 2.90. The predicted molar refractivity (Wildman–Crippen MR) is 187 cm³/mol. The van der Waals surface area contributed by atoms with Gasteiger partial charge < -0.3 is 13.8 Å². The first-order valence-electron chi connectivity index (χ1n) is 15.5. The Morgan fingerprint density at radius 3 is 1.34 bits per heavy atom. The van der Waals surface area contributed by atoms with Crippen LogP contribution in [0.25, 0.3) is 10.8 Å². The van der Waals surface area contributed by atoms with E-state index in [1.54, 1.807) is 7.11 Å². The Morgan fingerprint density at radius 2 is 0.932 bits per heavy atom. The largest absolute Gasteiger partial charge is 0.497 e. The van der Waals surface area contributed by atoms with Gasteiger partial charge >= 0.3 is 7.60 Å². The van der Waals surface area contributed by atoms with Crippen molar-refractivity contribution in [3.63, 3.8) is 0 Å². The number of hydrogen-bond donors (Lipinski definition) is 0. The molecule has 0 aromatic heterocycles. The minimum absolute atomic E-state index is 0.0471. The van der Waals surface area contributed by atoms with E-state index >= 15 is 4.57 Å². The maximum absolute atomic E-state index is 15.4. The molecule has 0 aliphatic carbocycles. The fourth-order valence-electron chi connectivity index (χ4n) is 5.22. The van der Waals surface area contributed by atoms with Gasteiger partial charge in [0.15, 0.2) is 0 Å². The maximum Gasteiger partial charge on any atom is 0.462 e. The van der Waals surface area contributed by atoms with Crippen LogP contribution in [0.15, 0.2) is 72.8 Å². The Labute approximate surface area is 265 Å². The molecule has 0 saturated heterocycles. The van der Waals surface area contributed by atoms with Crippen molar-refractivity contribution in [2.75, 3.05) is 7.11 Å². The number of hydrogen-bond acceptors (Lipinski definition) is 4. The number of fused-ring (bicyclic) bond motifs is 1. The molecule has 0 radical (unpaired) electrons. The summed E-state index contributed by atoms with van der Waals surface area (Å²) in [5.41, 5.74) is 3.74. The van der Waals surface area contributed by atoms with E-state index in [0.717, 1.165) is 27.6 Å². The zero-order valence-electron chi connectivity index (χ0n) is 29.0. The Hall–Kier alpha value is -3.23. The monoisotopic (exact) mass is 614 g/mol. The topological polar surface area (TPSA) is 44.8 Å². The van der Waals surface area contributed by atoms with Crippen LogP contribution in [0.2, 0.25) is 0 Å². The van der Waals surface area contributed by atoms with Gasteiger partial charge in [0.25, 0.3) is 0 Å². The zero-order valence-corrected chi connectivity index (χ0v) is 29.9. The van der Waals surface area contributed by atoms with Crippen molar-refractivity contribution in [2.24, 2.45) is 0 Å². The molecule has 5 heteroatoms. The van der Waals surface area contributed by atoms with Gasteiger partial charge in [-0.15, -0.1) is 0 Å². The van der Waals surface area contributed by atoms with Crippen molar-refractivity contribution in [3.8, 4) is 17.2 Å². The van der Waals surface area contributed by atoms with Gasteiger partial charge in [-0.1, -0.05) is 119 Å². The number of methoxy groups -OCH3 is 1. The smallest absolute Gasteiger partial charge is 0.462 e.